The van der Waals surface area contributed by atoms with Gasteiger partial charge in [0, 0.05) is 18.7 Å². The zero-order valence-corrected chi connectivity index (χ0v) is 13.7. The van der Waals surface area contributed by atoms with E-state index in [2.05, 4.69) is 13.8 Å². The van der Waals surface area contributed by atoms with Gasteiger partial charge in [-0.15, -0.1) is 0 Å². The number of carbonyl (C=O) groups excluding carboxylic acids is 1. The Bertz CT molecular complexity index is 641. The van der Waals surface area contributed by atoms with Gasteiger partial charge in [0.25, 0.3) is 5.91 Å². The van der Waals surface area contributed by atoms with Gasteiger partial charge in [-0.25, -0.2) is 0 Å². The van der Waals surface area contributed by atoms with Crippen molar-refractivity contribution in [3.63, 3.8) is 0 Å². The summed E-state index contributed by atoms with van der Waals surface area (Å²) in [7, 11) is 0. The fraction of sp³-hybridized carbons (Fsp3) is 0.350. The number of hydrogen-bond acceptors (Lipinski definition) is 2. The Labute approximate surface area is 137 Å². The van der Waals surface area contributed by atoms with Crippen LogP contribution in [0.5, 0.6) is 11.5 Å². The summed E-state index contributed by atoms with van der Waals surface area (Å²) in [6.07, 6.45) is 1.20. The maximum Gasteiger partial charge on any atom is 0.253 e. The van der Waals surface area contributed by atoms with Crippen molar-refractivity contribution >= 4 is 5.91 Å². The Morgan fingerprint density at radius 3 is 2.09 bits per heavy atom. The lowest BCUT2D eigenvalue weighted by atomic mass is 9.91. The van der Waals surface area contributed by atoms with Gasteiger partial charge < -0.3 is 9.64 Å². The van der Waals surface area contributed by atoms with Crippen molar-refractivity contribution in [2.75, 3.05) is 13.1 Å². The second-order valence-corrected chi connectivity index (χ2v) is 6.60. The predicted molar refractivity (Wildman–Crippen MR) is 91.8 cm³/mol. The van der Waals surface area contributed by atoms with E-state index < -0.39 is 0 Å². The number of piperidine rings is 1. The average molecular weight is 309 g/mol. The molecular weight excluding hydrogens is 286 g/mol. The molecule has 0 aliphatic carbocycles. The molecule has 3 rings (SSSR count). The van der Waals surface area contributed by atoms with Crippen LogP contribution in [0, 0.1) is 11.8 Å². The molecule has 1 saturated heterocycles. The second kappa shape index (κ2) is 6.86. The highest BCUT2D eigenvalue weighted by Gasteiger charge is 2.26. The van der Waals surface area contributed by atoms with Gasteiger partial charge in [0.05, 0.1) is 0 Å². The molecule has 1 amide bonds. The second-order valence-electron chi connectivity index (χ2n) is 6.60. The van der Waals surface area contributed by atoms with Gasteiger partial charge in [-0.2, -0.15) is 0 Å². The van der Waals surface area contributed by atoms with Crippen LogP contribution >= 0.6 is 0 Å². The van der Waals surface area contributed by atoms with Crippen molar-refractivity contribution in [3.8, 4) is 11.5 Å². The fourth-order valence-corrected chi connectivity index (χ4v) is 3.30. The number of hydrogen-bond donors (Lipinski definition) is 0. The molecule has 1 fully saturated rings. The lowest BCUT2D eigenvalue weighted by Crippen LogP contribution is -2.42. The number of ether oxygens (including phenoxy) is 1. The van der Waals surface area contributed by atoms with Gasteiger partial charge in [-0.3, -0.25) is 4.79 Å². The third-order valence-electron chi connectivity index (χ3n) is 4.24. The van der Waals surface area contributed by atoms with Crippen LogP contribution < -0.4 is 4.74 Å². The van der Waals surface area contributed by atoms with Gasteiger partial charge in [0.1, 0.15) is 11.5 Å². The summed E-state index contributed by atoms with van der Waals surface area (Å²) in [6.45, 7) is 6.14. The van der Waals surface area contributed by atoms with Crippen molar-refractivity contribution in [2.45, 2.75) is 20.3 Å². The van der Waals surface area contributed by atoms with Crippen molar-refractivity contribution < 1.29 is 9.53 Å². The minimum Gasteiger partial charge on any atom is -0.457 e. The maximum absolute atomic E-state index is 12.6. The third kappa shape index (κ3) is 3.92. The highest BCUT2D eigenvalue weighted by Crippen LogP contribution is 2.24. The van der Waals surface area contributed by atoms with Crippen molar-refractivity contribution in [1.82, 2.24) is 4.90 Å². The first-order chi connectivity index (χ1) is 11.1. The van der Waals surface area contributed by atoms with Gasteiger partial charge in [-0.1, -0.05) is 32.0 Å². The molecule has 0 N–H and O–H groups in total. The maximum atomic E-state index is 12.6. The Kier molecular flexibility index (Phi) is 4.65. The highest BCUT2D eigenvalue weighted by molar-refractivity contribution is 5.94. The number of para-hydroxylation sites is 1. The molecule has 1 aliphatic heterocycles. The van der Waals surface area contributed by atoms with Gasteiger partial charge in [-0.05, 0) is 54.7 Å². The number of carbonyl (C=O) groups is 1. The van der Waals surface area contributed by atoms with Crippen LogP contribution in [0.4, 0.5) is 0 Å². The SMILES string of the molecule is CC1CC(C)CN(C(=O)c2ccc(Oc3ccccc3)cc2)C1. The lowest BCUT2D eigenvalue weighted by molar-refractivity contribution is 0.0623. The summed E-state index contributed by atoms with van der Waals surface area (Å²) in [5.74, 6) is 2.81. The first-order valence-corrected chi connectivity index (χ1v) is 8.24. The molecular formula is C20H23NO2. The van der Waals surface area contributed by atoms with E-state index in [0.29, 0.717) is 11.8 Å². The number of amides is 1. The molecule has 2 aromatic rings. The fourth-order valence-electron chi connectivity index (χ4n) is 3.30. The average Bonchev–Trinajstić information content (AvgIpc) is 2.55. The molecule has 1 heterocycles. The Hall–Kier alpha value is -2.29. The summed E-state index contributed by atoms with van der Waals surface area (Å²) in [5, 5.41) is 0. The molecule has 0 spiro atoms. The van der Waals surface area contributed by atoms with E-state index in [9.17, 15) is 4.79 Å². The van der Waals surface area contributed by atoms with Crippen LogP contribution in [0.15, 0.2) is 54.6 Å². The minimum atomic E-state index is 0.120. The molecule has 0 bridgehead atoms. The van der Waals surface area contributed by atoms with E-state index >= 15 is 0 Å². The van der Waals surface area contributed by atoms with E-state index in [1.54, 1.807) is 0 Å². The number of rotatable bonds is 3. The molecule has 2 atom stereocenters. The smallest absolute Gasteiger partial charge is 0.253 e. The van der Waals surface area contributed by atoms with Crippen molar-refractivity contribution in [2.24, 2.45) is 11.8 Å². The van der Waals surface area contributed by atoms with Gasteiger partial charge >= 0.3 is 0 Å². The molecule has 2 aromatic carbocycles. The molecule has 0 aromatic heterocycles. The first-order valence-electron chi connectivity index (χ1n) is 8.24. The Morgan fingerprint density at radius 2 is 1.48 bits per heavy atom. The molecule has 1 aliphatic rings. The van der Waals surface area contributed by atoms with Gasteiger partial charge in [0.2, 0.25) is 0 Å². The predicted octanol–water partition coefficient (Wildman–Crippen LogP) is 4.60. The van der Waals surface area contributed by atoms with Crippen LogP contribution in [0.2, 0.25) is 0 Å². The topological polar surface area (TPSA) is 29.5 Å². The summed E-state index contributed by atoms with van der Waals surface area (Å²) in [6, 6.07) is 17.1. The van der Waals surface area contributed by atoms with Crippen LogP contribution in [0.1, 0.15) is 30.6 Å². The summed E-state index contributed by atoms with van der Waals surface area (Å²) >= 11 is 0. The molecule has 0 saturated carbocycles. The monoisotopic (exact) mass is 309 g/mol. The zero-order chi connectivity index (χ0) is 16.2. The van der Waals surface area contributed by atoms with Crippen molar-refractivity contribution in [3.05, 3.63) is 60.2 Å². The number of likely N-dealkylation sites (tertiary alicyclic amines) is 1. The molecule has 0 radical (unpaired) electrons. The van der Waals surface area contributed by atoms with E-state index in [4.69, 9.17) is 4.74 Å². The van der Waals surface area contributed by atoms with Crippen LogP contribution in [0.25, 0.3) is 0 Å². The number of benzene rings is 2. The summed E-state index contributed by atoms with van der Waals surface area (Å²) in [4.78, 5) is 14.6. The number of nitrogens with zero attached hydrogens (tertiary/aromatic N) is 1. The normalized spacial score (nSPS) is 21.0. The minimum absolute atomic E-state index is 0.120. The summed E-state index contributed by atoms with van der Waals surface area (Å²) in [5.41, 5.74) is 0.728. The molecule has 120 valence electrons. The van der Waals surface area contributed by atoms with E-state index in [0.717, 1.165) is 30.2 Å². The van der Waals surface area contributed by atoms with Crippen LogP contribution in [-0.4, -0.2) is 23.9 Å². The van der Waals surface area contributed by atoms with Crippen molar-refractivity contribution in [1.29, 1.82) is 0 Å². The molecule has 2 unspecified atom stereocenters. The molecule has 3 heteroatoms. The third-order valence-corrected chi connectivity index (χ3v) is 4.24. The van der Waals surface area contributed by atoms with E-state index in [1.807, 2.05) is 59.5 Å². The standard InChI is InChI=1S/C20H23NO2/c1-15-12-16(2)14-21(13-15)20(22)17-8-10-19(11-9-17)23-18-6-4-3-5-7-18/h3-11,15-16H,12-14H2,1-2H3. The highest BCUT2D eigenvalue weighted by atomic mass is 16.5. The van der Waals surface area contributed by atoms with Crippen LogP contribution in [0.3, 0.4) is 0 Å². The zero-order valence-electron chi connectivity index (χ0n) is 13.7. The quantitative estimate of drug-likeness (QED) is 0.829. The molecule has 23 heavy (non-hydrogen) atoms. The van der Waals surface area contributed by atoms with E-state index in [1.165, 1.54) is 6.42 Å². The largest absolute Gasteiger partial charge is 0.457 e. The van der Waals surface area contributed by atoms with Gasteiger partial charge in [0.15, 0.2) is 0 Å². The first kappa shape index (κ1) is 15.6. The van der Waals surface area contributed by atoms with E-state index in [-0.39, 0.29) is 5.91 Å². The Morgan fingerprint density at radius 1 is 0.913 bits per heavy atom. The molecule has 3 nitrogen and oxygen atoms in total. The Balaban J connectivity index is 1.68. The van der Waals surface area contributed by atoms with Crippen LogP contribution in [-0.2, 0) is 0 Å². The lowest BCUT2D eigenvalue weighted by Gasteiger charge is -2.35. The summed E-state index contributed by atoms with van der Waals surface area (Å²) < 4.78 is 5.77.